The lowest BCUT2D eigenvalue weighted by Gasteiger charge is -2.37. The van der Waals surface area contributed by atoms with Crippen molar-refractivity contribution < 1.29 is 23.1 Å². The maximum atomic E-state index is 12.4. The van der Waals surface area contributed by atoms with Crippen molar-refractivity contribution in [2.24, 2.45) is 0 Å². The second-order valence-electron chi connectivity index (χ2n) is 4.36. The second-order valence-corrected chi connectivity index (χ2v) is 7.96. The van der Waals surface area contributed by atoms with E-state index in [1.54, 1.807) is 13.8 Å². The van der Waals surface area contributed by atoms with Gasteiger partial charge in [0, 0.05) is 30.3 Å². The highest BCUT2D eigenvalue weighted by atomic mass is 32.2. The van der Waals surface area contributed by atoms with Crippen molar-refractivity contribution in [3.63, 3.8) is 0 Å². The Balaban J connectivity index is 2.94. The summed E-state index contributed by atoms with van der Waals surface area (Å²) >= 11 is 1.49. The van der Waals surface area contributed by atoms with Crippen molar-refractivity contribution in [1.29, 1.82) is 0 Å². The first-order valence-corrected chi connectivity index (χ1v) is 9.27. The van der Waals surface area contributed by atoms with Gasteiger partial charge in [0.05, 0.1) is 0 Å². The van der Waals surface area contributed by atoms with Gasteiger partial charge in [-0.2, -0.15) is 11.8 Å². The number of carboxylic acid groups (broad SMARTS) is 1. The molecule has 1 N–H and O–H groups in total. The molecule has 0 saturated carbocycles. The van der Waals surface area contributed by atoms with E-state index in [9.17, 15) is 18.0 Å². The number of nitrogens with zero attached hydrogens (tertiary/aromatic N) is 2. The molecule has 1 aliphatic heterocycles. The minimum atomic E-state index is -3.38. The monoisotopic (exact) mass is 324 g/mol. The molecule has 0 aromatic carbocycles. The molecule has 1 saturated heterocycles. The van der Waals surface area contributed by atoms with E-state index >= 15 is 0 Å². The third-order valence-electron chi connectivity index (χ3n) is 3.13. The Hall–Kier alpha value is -0.960. The molecule has 20 heavy (non-hydrogen) atoms. The molecule has 1 fully saturated rings. The highest BCUT2D eigenvalue weighted by Crippen LogP contribution is 2.22. The van der Waals surface area contributed by atoms with Crippen molar-refractivity contribution in [1.82, 2.24) is 9.80 Å². The van der Waals surface area contributed by atoms with Crippen molar-refractivity contribution in [2.75, 3.05) is 36.9 Å². The van der Waals surface area contributed by atoms with E-state index in [1.807, 2.05) is 0 Å². The van der Waals surface area contributed by atoms with Crippen LogP contribution in [0.1, 0.15) is 13.8 Å². The molecule has 0 spiro atoms. The van der Waals surface area contributed by atoms with Crippen molar-refractivity contribution in [2.45, 2.75) is 19.2 Å². The molecular formula is C11H20N2O5S2. The van der Waals surface area contributed by atoms with Crippen LogP contribution >= 0.6 is 11.8 Å². The van der Waals surface area contributed by atoms with Gasteiger partial charge < -0.3 is 14.9 Å². The standard InChI is InChI=1S/C11H20N2O5S2/c1-3-12(7-10(14)15)11(16)13-5-6-19-8-9(13)20(17,18)4-2/h9H,3-8H2,1-2H3,(H,14,15). The molecule has 0 aliphatic carbocycles. The number of amides is 2. The molecular weight excluding hydrogens is 304 g/mol. The number of aliphatic carboxylic acids is 1. The zero-order valence-electron chi connectivity index (χ0n) is 11.6. The van der Waals surface area contributed by atoms with Gasteiger partial charge in [0.25, 0.3) is 0 Å². The molecule has 2 amide bonds. The number of rotatable bonds is 5. The maximum absolute atomic E-state index is 12.4. The first-order valence-electron chi connectivity index (χ1n) is 6.40. The SMILES string of the molecule is CCN(CC(=O)O)C(=O)N1CCSCC1S(=O)(=O)CC. The van der Waals surface area contributed by atoms with Gasteiger partial charge in [0.15, 0.2) is 9.84 Å². The van der Waals surface area contributed by atoms with Crippen LogP contribution in [0.5, 0.6) is 0 Å². The van der Waals surface area contributed by atoms with E-state index in [4.69, 9.17) is 5.11 Å². The largest absolute Gasteiger partial charge is 0.480 e. The molecule has 0 aromatic heterocycles. The number of hydrogen-bond donors (Lipinski definition) is 1. The number of thioether (sulfide) groups is 1. The predicted octanol–water partition coefficient (Wildman–Crippen LogP) is 0.323. The first kappa shape index (κ1) is 17.1. The molecule has 116 valence electrons. The van der Waals surface area contributed by atoms with Gasteiger partial charge >= 0.3 is 12.0 Å². The summed E-state index contributed by atoms with van der Waals surface area (Å²) in [6.07, 6.45) is 0. The van der Waals surface area contributed by atoms with Crippen LogP contribution in [0, 0.1) is 0 Å². The Morgan fingerprint density at radius 2 is 2.05 bits per heavy atom. The molecule has 1 atom stereocenters. The average molecular weight is 324 g/mol. The van der Waals surface area contributed by atoms with E-state index in [0.29, 0.717) is 18.1 Å². The van der Waals surface area contributed by atoms with Crippen molar-refractivity contribution in [3.8, 4) is 0 Å². The molecule has 0 aromatic rings. The van der Waals surface area contributed by atoms with Crippen LogP contribution in [0.25, 0.3) is 0 Å². The molecule has 7 nitrogen and oxygen atoms in total. The lowest BCUT2D eigenvalue weighted by Crippen LogP contribution is -2.55. The Labute approximate surface area is 123 Å². The number of carbonyl (C=O) groups is 2. The minimum Gasteiger partial charge on any atom is -0.480 e. The molecule has 0 bridgehead atoms. The molecule has 9 heteroatoms. The third kappa shape index (κ3) is 4.02. The average Bonchev–Trinajstić information content (AvgIpc) is 2.43. The van der Waals surface area contributed by atoms with Gasteiger partial charge in [0.1, 0.15) is 11.9 Å². The predicted molar refractivity (Wildman–Crippen MR) is 77.6 cm³/mol. The van der Waals surface area contributed by atoms with Crippen LogP contribution in [0.2, 0.25) is 0 Å². The third-order valence-corrected chi connectivity index (χ3v) is 6.41. The summed E-state index contributed by atoms with van der Waals surface area (Å²) in [7, 11) is -3.38. The topological polar surface area (TPSA) is 95.0 Å². The molecule has 1 unspecified atom stereocenters. The van der Waals surface area contributed by atoms with E-state index in [2.05, 4.69) is 0 Å². The zero-order valence-corrected chi connectivity index (χ0v) is 13.2. The lowest BCUT2D eigenvalue weighted by atomic mass is 10.4. The summed E-state index contributed by atoms with van der Waals surface area (Å²) in [5, 5.41) is 7.94. The Morgan fingerprint density at radius 1 is 1.40 bits per heavy atom. The summed E-state index contributed by atoms with van der Waals surface area (Å²) in [6, 6.07) is -0.516. The molecule has 1 aliphatic rings. The number of urea groups is 1. The fourth-order valence-electron chi connectivity index (χ4n) is 1.95. The Morgan fingerprint density at radius 3 is 2.55 bits per heavy atom. The van der Waals surface area contributed by atoms with Gasteiger partial charge in [0.2, 0.25) is 0 Å². The summed E-state index contributed by atoms with van der Waals surface area (Å²) in [5.41, 5.74) is 0. The highest BCUT2D eigenvalue weighted by molar-refractivity contribution is 8.01. The minimum absolute atomic E-state index is 0.0347. The van der Waals surface area contributed by atoms with E-state index in [-0.39, 0.29) is 12.3 Å². The Kier molecular flexibility index (Phi) is 6.12. The lowest BCUT2D eigenvalue weighted by molar-refractivity contribution is -0.137. The summed E-state index contributed by atoms with van der Waals surface area (Å²) in [6.45, 7) is 3.35. The molecule has 1 rings (SSSR count). The van der Waals surface area contributed by atoms with Gasteiger partial charge in [-0.1, -0.05) is 6.92 Å². The number of sulfone groups is 1. The number of carboxylic acids is 1. The summed E-state index contributed by atoms with van der Waals surface area (Å²) in [5.74, 6) is -0.146. The van der Waals surface area contributed by atoms with E-state index in [0.717, 1.165) is 4.90 Å². The molecule has 1 heterocycles. The van der Waals surface area contributed by atoms with Crippen molar-refractivity contribution in [3.05, 3.63) is 0 Å². The van der Waals surface area contributed by atoms with E-state index < -0.39 is 33.8 Å². The second kappa shape index (κ2) is 7.16. The number of hydrogen-bond acceptors (Lipinski definition) is 5. The van der Waals surface area contributed by atoms with Crippen LogP contribution in [-0.4, -0.2) is 77.6 Å². The normalized spacial score (nSPS) is 19.7. The molecule has 0 radical (unpaired) electrons. The quantitative estimate of drug-likeness (QED) is 0.783. The van der Waals surface area contributed by atoms with Crippen LogP contribution in [0.3, 0.4) is 0 Å². The van der Waals surface area contributed by atoms with Crippen LogP contribution in [0.15, 0.2) is 0 Å². The highest BCUT2D eigenvalue weighted by Gasteiger charge is 2.37. The summed E-state index contributed by atoms with van der Waals surface area (Å²) < 4.78 is 24.1. The Bertz CT molecular complexity index is 465. The van der Waals surface area contributed by atoms with Gasteiger partial charge in [-0.25, -0.2) is 13.2 Å². The van der Waals surface area contributed by atoms with Gasteiger partial charge in [-0.3, -0.25) is 4.79 Å². The summed E-state index contributed by atoms with van der Waals surface area (Å²) in [4.78, 5) is 25.6. The van der Waals surface area contributed by atoms with E-state index in [1.165, 1.54) is 16.7 Å². The van der Waals surface area contributed by atoms with Gasteiger partial charge in [-0.15, -0.1) is 0 Å². The number of carbonyl (C=O) groups excluding carboxylic acids is 1. The number of likely N-dealkylation sites (N-methyl/N-ethyl adjacent to an activating group) is 1. The van der Waals surface area contributed by atoms with Crippen molar-refractivity contribution >= 4 is 33.6 Å². The van der Waals surface area contributed by atoms with Crippen LogP contribution in [0.4, 0.5) is 4.79 Å². The first-order chi connectivity index (χ1) is 9.33. The smallest absolute Gasteiger partial charge is 0.323 e. The fraction of sp³-hybridized carbons (Fsp3) is 0.818. The zero-order chi connectivity index (χ0) is 15.3. The van der Waals surface area contributed by atoms with Gasteiger partial charge in [-0.05, 0) is 6.92 Å². The van der Waals surface area contributed by atoms with Crippen LogP contribution in [-0.2, 0) is 14.6 Å². The van der Waals surface area contributed by atoms with Crippen LogP contribution < -0.4 is 0 Å². The fourth-order valence-corrected chi connectivity index (χ4v) is 4.91. The maximum Gasteiger partial charge on any atom is 0.323 e.